The molecule has 3 N–H and O–H groups in total. The van der Waals surface area contributed by atoms with E-state index in [-0.39, 0.29) is 12.5 Å². The molecule has 1 aliphatic rings. The van der Waals surface area contributed by atoms with Crippen molar-refractivity contribution in [3.05, 3.63) is 17.8 Å². The van der Waals surface area contributed by atoms with Crippen molar-refractivity contribution in [2.24, 2.45) is 5.92 Å². The van der Waals surface area contributed by atoms with Crippen LogP contribution in [0.3, 0.4) is 0 Å². The largest absolute Gasteiger partial charge is 0.462 e. The number of carbonyl (C=O) groups is 1. The zero-order chi connectivity index (χ0) is 13.8. The monoisotopic (exact) mass is 265 g/mol. The zero-order valence-electron chi connectivity index (χ0n) is 11.0. The summed E-state index contributed by atoms with van der Waals surface area (Å²) in [6, 6.07) is 1.66. The number of aliphatic hydroxyl groups excluding tert-OH is 1. The van der Waals surface area contributed by atoms with Gasteiger partial charge in [0.2, 0.25) is 0 Å². The SMILES string of the molecule is CCOC(=O)c1cc(N2CCC(CO)C2)ncc1N. The first-order chi connectivity index (χ1) is 9.15. The molecule has 0 amide bonds. The van der Waals surface area contributed by atoms with E-state index in [0.29, 0.717) is 23.7 Å². The summed E-state index contributed by atoms with van der Waals surface area (Å²) in [6.45, 7) is 3.81. The predicted molar refractivity (Wildman–Crippen MR) is 72.0 cm³/mol. The fourth-order valence-corrected chi connectivity index (χ4v) is 2.20. The molecule has 1 unspecified atom stereocenters. The lowest BCUT2D eigenvalue weighted by molar-refractivity contribution is 0.0527. The molecule has 0 aliphatic carbocycles. The van der Waals surface area contributed by atoms with Crippen LogP contribution in [-0.2, 0) is 4.74 Å². The van der Waals surface area contributed by atoms with E-state index in [1.165, 1.54) is 6.20 Å². The summed E-state index contributed by atoms with van der Waals surface area (Å²) in [4.78, 5) is 18.1. The Morgan fingerprint density at radius 2 is 2.47 bits per heavy atom. The van der Waals surface area contributed by atoms with Crippen LogP contribution in [0.25, 0.3) is 0 Å². The van der Waals surface area contributed by atoms with Crippen LogP contribution >= 0.6 is 0 Å². The lowest BCUT2D eigenvalue weighted by Gasteiger charge is -2.18. The van der Waals surface area contributed by atoms with Crippen molar-refractivity contribution >= 4 is 17.5 Å². The second-order valence-electron chi connectivity index (χ2n) is 4.63. The third-order valence-electron chi connectivity index (χ3n) is 3.28. The second kappa shape index (κ2) is 5.88. The Hall–Kier alpha value is -1.82. The van der Waals surface area contributed by atoms with Crippen LogP contribution < -0.4 is 10.6 Å². The van der Waals surface area contributed by atoms with Crippen LogP contribution in [0, 0.1) is 5.92 Å². The minimum Gasteiger partial charge on any atom is -0.462 e. The van der Waals surface area contributed by atoms with E-state index in [1.807, 2.05) is 4.90 Å². The average molecular weight is 265 g/mol. The average Bonchev–Trinajstić information content (AvgIpc) is 2.88. The molecule has 0 radical (unpaired) electrons. The molecule has 2 heterocycles. The quantitative estimate of drug-likeness (QED) is 0.777. The molecule has 2 rings (SSSR count). The van der Waals surface area contributed by atoms with Gasteiger partial charge in [0.25, 0.3) is 0 Å². The Labute approximate surface area is 112 Å². The molecule has 1 aliphatic heterocycles. The number of rotatable bonds is 4. The number of nitrogens with zero attached hydrogens (tertiary/aromatic N) is 2. The highest BCUT2D eigenvalue weighted by Crippen LogP contribution is 2.24. The number of anilines is 2. The Bertz CT molecular complexity index is 464. The Morgan fingerprint density at radius 3 is 3.11 bits per heavy atom. The van der Waals surface area contributed by atoms with E-state index in [2.05, 4.69) is 4.98 Å². The molecule has 1 aromatic heterocycles. The molecule has 1 aromatic rings. The first kappa shape index (κ1) is 13.6. The van der Waals surface area contributed by atoms with Gasteiger partial charge in [0.1, 0.15) is 5.82 Å². The van der Waals surface area contributed by atoms with Gasteiger partial charge in [-0.2, -0.15) is 0 Å². The highest BCUT2D eigenvalue weighted by Gasteiger charge is 2.24. The molecule has 0 saturated carbocycles. The van der Waals surface area contributed by atoms with E-state index in [9.17, 15) is 4.79 Å². The molecule has 1 fully saturated rings. The smallest absolute Gasteiger partial charge is 0.340 e. The molecule has 1 atom stereocenters. The van der Waals surface area contributed by atoms with E-state index in [1.54, 1.807) is 13.0 Å². The molecule has 0 aromatic carbocycles. The molecule has 6 nitrogen and oxygen atoms in total. The summed E-state index contributed by atoms with van der Waals surface area (Å²) in [6.07, 6.45) is 2.41. The Kier molecular flexibility index (Phi) is 4.21. The maximum atomic E-state index is 11.8. The number of nitrogens with two attached hydrogens (primary N) is 1. The fourth-order valence-electron chi connectivity index (χ4n) is 2.20. The number of nitrogen functional groups attached to an aromatic ring is 1. The van der Waals surface area contributed by atoms with Crippen LogP contribution in [0.2, 0.25) is 0 Å². The Balaban J connectivity index is 2.19. The van der Waals surface area contributed by atoms with E-state index >= 15 is 0 Å². The van der Waals surface area contributed by atoms with Crippen molar-refractivity contribution in [3.63, 3.8) is 0 Å². The molecular weight excluding hydrogens is 246 g/mol. The number of ether oxygens (including phenoxy) is 1. The number of esters is 1. The molecule has 6 heteroatoms. The van der Waals surface area contributed by atoms with Crippen molar-refractivity contribution in [2.75, 3.05) is 36.9 Å². The zero-order valence-corrected chi connectivity index (χ0v) is 11.0. The number of hydrogen-bond donors (Lipinski definition) is 2. The summed E-state index contributed by atoms with van der Waals surface area (Å²) in [5, 5.41) is 9.15. The predicted octanol–water partition coefficient (Wildman–Crippen LogP) is 0.659. The lowest BCUT2D eigenvalue weighted by atomic mass is 10.1. The van der Waals surface area contributed by atoms with Gasteiger partial charge in [-0.3, -0.25) is 0 Å². The summed E-state index contributed by atoms with van der Waals surface area (Å²) in [7, 11) is 0. The van der Waals surface area contributed by atoms with Crippen molar-refractivity contribution in [2.45, 2.75) is 13.3 Å². The van der Waals surface area contributed by atoms with Crippen molar-refractivity contribution < 1.29 is 14.6 Å². The molecule has 1 saturated heterocycles. The minimum absolute atomic E-state index is 0.177. The molecule has 104 valence electrons. The van der Waals surface area contributed by atoms with Gasteiger partial charge in [0.15, 0.2) is 0 Å². The van der Waals surface area contributed by atoms with Gasteiger partial charge in [-0.15, -0.1) is 0 Å². The van der Waals surface area contributed by atoms with Crippen LogP contribution in [0.1, 0.15) is 23.7 Å². The molecule has 19 heavy (non-hydrogen) atoms. The van der Waals surface area contributed by atoms with Crippen LogP contribution in [0.15, 0.2) is 12.3 Å². The number of aromatic nitrogens is 1. The topological polar surface area (TPSA) is 88.7 Å². The van der Waals surface area contributed by atoms with E-state index < -0.39 is 5.97 Å². The highest BCUT2D eigenvalue weighted by molar-refractivity contribution is 5.95. The maximum absolute atomic E-state index is 11.8. The van der Waals surface area contributed by atoms with Gasteiger partial charge in [0, 0.05) is 25.6 Å². The minimum atomic E-state index is -0.429. The van der Waals surface area contributed by atoms with Gasteiger partial charge in [-0.1, -0.05) is 0 Å². The third kappa shape index (κ3) is 2.96. The summed E-state index contributed by atoms with van der Waals surface area (Å²) >= 11 is 0. The number of hydrogen-bond acceptors (Lipinski definition) is 6. The summed E-state index contributed by atoms with van der Waals surface area (Å²) < 4.78 is 4.96. The van der Waals surface area contributed by atoms with E-state index in [0.717, 1.165) is 19.5 Å². The first-order valence-electron chi connectivity index (χ1n) is 6.44. The van der Waals surface area contributed by atoms with Gasteiger partial charge in [-0.25, -0.2) is 9.78 Å². The molecular formula is C13H19N3O3. The van der Waals surface area contributed by atoms with Crippen molar-refractivity contribution in [3.8, 4) is 0 Å². The summed E-state index contributed by atoms with van der Waals surface area (Å²) in [5.74, 6) is 0.542. The fraction of sp³-hybridized carbons (Fsp3) is 0.538. The molecule has 0 bridgehead atoms. The number of carbonyl (C=O) groups excluding carboxylic acids is 1. The lowest BCUT2D eigenvalue weighted by Crippen LogP contribution is -2.22. The second-order valence-corrected chi connectivity index (χ2v) is 4.63. The van der Waals surface area contributed by atoms with Gasteiger partial charge in [-0.05, 0) is 19.4 Å². The van der Waals surface area contributed by atoms with Gasteiger partial charge in [0.05, 0.1) is 24.1 Å². The summed E-state index contributed by atoms with van der Waals surface area (Å²) in [5.41, 5.74) is 6.42. The van der Waals surface area contributed by atoms with Crippen molar-refractivity contribution in [1.82, 2.24) is 4.98 Å². The Morgan fingerprint density at radius 1 is 1.68 bits per heavy atom. The number of aliphatic hydroxyl groups is 1. The third-order valence-corrected chi connectivity index (χ3v) is 3.28. The standard InChI is InChI=1S/C13H19N3O3/c1-2-19-13(18)10-5-12(15-6-11(10)14)16-4-3-9(7-16)8-17/h5-6,9,17H,2-4,7-8,14H2,1H3. The van der Waals surface area contributed by atoms with Gasteiger partial charge >= 0.3 is 5.97 Å². The van der Waals surface area contributed by atoms with E-state index in [4.69, 9.17) is 15.6 Å². The molecule has 0 spiro atoms. The van der Waals surface area contributed by atoms with Crippen LogP contribution in [-0.4, -0.2) is 42.4 Å². The highest BCUT2D eigenvalue weighted by atomic mass is 16.5. The maximum Gasteiger partial charge on any atom is 0.340 e. The number of pyridine rings is 1. The van der Waals surface area contributed by atoms with Gasteiger partial charge < -0.3 is 20.5 Å². The van der Waals surface area contributed by atoms with Crippen molar-refractivity contribution in [1.29, 1.82) is 0 Å². The first-order valence-corrected chi connectivity index (χ1v) is 6.44. The van der Waals surface area contributed by atoms with Crippen LogP contribution in [0.5, 0.6) is 0 Å². The van der Waals surface area contributed by atoms with Crippen LogP contribution in [0.4, 0.5) is 11.5 Å². The normalized spacial score (nSPS) is 18.6.